The SMILES string of the molecule is C=C(Sc1ccccc1)S(=O)(=O)c1ccc(Cl)cc1. The summed E-state index contributed by atoms with van der Waals surface area (Å²) in [5, 5.41) is 0.500. The first-order valence-electron chi connectivity index (χ1n) is 5.42. The molecular formula is C14H11ClO2S2. The lowest BCUT2D eigenvalue weighted by molar-refractivity contribution is 0.604. The van der Waals surface area contributed by atoms with Crippen LogP contribution in [0.1, 0.15) is 0 Å². The summed E-state index contributed by atoms with van der Waals surface area (Å²) in [5.41, 5.74) is 0. The van der Waals surface area contributed by atoms with E-state index in [9.17, 15) is 8.42 Å². The van der Waals surface area contributed by atoms with E-state index in [2.05, 4.69) is 6.58 Å². The van der Waals surface area contributed by atoms with Gasteiger partial charge in [0.2, 0.25) is 9.84 Å². The van der Waals surface area contributed by atoms with Gasteiger partial charge >= 0.3 is 0 Å². The molecule has 2 aromatic rings. The molecular weight excluding hydrogens is 300 g/mol. The zero-order valence-corrected chi connectivity index (χ0v) is 12.3. The molecule has 0 saturated heterocycles. The largest absolute Gasteiger partial charge is 0.218 e. The number of sulfone groups is 1. The van der Waals surface area contributed by atoms with Gasteiger partial charge < -0.3 is 0 Å². The van der Waals surface area contributed by atoms with Gasteiger partial charge in [0.1, 0.15) is 4.24 Å². The molecule has 0 N–H and O–H groups in total. The van der Waals surface area contributed by atoms with Gasteiger partial charge in [0, 0.05) is 9.92 Å². The molecule has 0 heterocycles. The molecule has 0 amide bonds. The van der Waals surface area contributed by atoms with E-state index in [1.54, 1.807) is 12.1 Å². The first kappa shape index (κ1) is 14.2. The Bertz CT molecular complexity index is 677. The Morgan fingerprint density at radius 2 is 1.58 bits per heavy atom. The molecule has 19 heavy (non-hydrogen) atoms. The Kier molecular flexibility index (Phi) is 4.34. The minimum atomic E-state index is -3.54. The van der Waals surface area contributed by atoms with Crippen LogP contribution in [0.2, 0.25) is 5.02 Å². The molecule has 2 aromatic carbocycles. The van der Waals surface area contributed by atoms with Crippen LogP contribution in [0.15, 0.2) is 75.2 Å². The van der Waals surface area contributed by atoms with Crippen molar-refractivity contribution in [2.24, 2.45) is 0 Å². The molecule has 2 nitrogen and oxygen atoms in total. The molecule has 0 aliphatic rings. The number of thioether (sulfide) groups is 1. The number of rotatable bonds is 4. The summed E-state index contributed by atoms with van der Waals surface area (Å²) < 4.78 is 24.7. The standard InChI is InChI=1S/C14H11ClO2S2/c1-11(18-13-5-3-2-4-6-13)19(16,17)14-9-7-12(15)8-10-14/h2-10H,1H2. The average Bonchev–Trinajstić information content (AvgIpc) is 2.40. The monoisotopic (exact) mass is 310 g/mol. The Hall–Kier alpha value is -1.23. The highest BCUT2D eigenvalue weighted by Gasteiger charge is 2.19. The molecule has 98 valence electrons. The maximum Gasteiger partial charge on any atom is 0.212 e. The second kappa shape index (κ2) is 5.82. The normalized spacial score (nSPS) is 11.2. The lowest BCUT2D eigenvalue weighted by Crippen LogP contribution is -2.01. The molecule has 0 radical (unpaired) electrons. The fourth-order valence-corrected chi connectivity index (χ4v) is 3.88. The summed E-state index contributed by atoms with van der Waals surface area (Å²) in [6.07, 6.45) is 0. The quantitative estimate of drug-likeness (QED) is 0.786. The van der Waals surface area contributed by atoms with Gasteiger partial charge in [0.05, 0.1) is 4.90 Å². The highest BCUT2D eigenvalue weighted by Crippen LogP contribution is 2.33. The predicted octanol–water partition coefficient (Wildman–Crippen LogP) is 4.38. The van der Waals surface area contributed by atoms with Gasteiger partial charge in [-0.15, -0.1) is 0 Å². The summed E-state index contributed by atoms with van der Waals surface area (Å²) in [7, 11) is -3.54. The van der Waals surface area contributed by atoms with Gasteiger partial charge in [-0.05, 0) is 36.4 Å². The van der Waals surface area contributed by atoms with Crippen LogP contribution in [0.5, 0.6) is 0 Å². The third kappa shape index (κ3) is 3.41. The van der Waals surface area contributed by atoms with Gasteiger partial charge in [-0.25, -0.2) is 8.42 Å². The van der Waals surface area contributed by atoms with Gasteiger partial charge in [-0.3, -0.25) is 0 Å². The minimum Gasteiger partial charge on any atom is -0.218 e. The van der Waals surface area contributed by atoms with E-state index in [0.717, 1.165) is 16.7 Å². The number of hydrogen-bond acceptors (Lipinski definition) is 3. The van der Waals surface area contributed by atoms with E-state index in [1.165, 1.54) is 12.1 Å². The van der Waals surface area contributed by atoms with Crippen molar-refractivity contribution in [2.75, 3.05) is 0 Å². The van der Waals surface area contributed by atoms with E-state index in [1.807, 2.05) is 30.3 Å². The van der Waals surface area contributed by atoms with Crippen molar-refractivity contribution >= 4 is 33.2 Å². The Morgan fingerprint density at radius 3 is 2.16 bits per heavy atom. The van der Waals surface area contributed by atoms with Crippen molar-refractivity contribution in [1.29, 1.82) is 0 Å². The zero-order chi connectivity index (χ0) is 13.9. The second-order valence-electron chi connectivity index (χ2n) is 3.74. The van der Waals surface area contributed by atoms with Crippen LogP contribution in [-0.4, -0.2) is 8.42 Å². The van der Waals surface area contributed by atoms with Crippen molar-refractivity contribution in [2.45, 2.75) is 9.79 Å². The van der Waals surface area contributed by atoms with Gasteiger partial charge in [-0.2, -0.15) is 0 Å². The van der Waals surface area contributed by atoms with Crippen LogP contribution in [-0.2, 0) is 9.84 Å². The molecule has 5 heteroatoms. The van der Waals surface area contributed by atoms with Crippen molar-refractivity contribution in [3.63, 3.8) is 0 Å². The van der Waals surface area contributed by atoms with Crippen molar-refractivity contribution < 1.29 is 8.42 Å². The maximum atomic E-state index is 12.3. The van der Waals surface area contributed by atoms with Crippen molar-refractivity contribution in [3.8, 4) is 0 Å². The third-order valence-electron chi connectivity index (χ3n) is 2.40. The fraction of sp³-hybridized carbons (Fsp3) is 0. The molecule has 2 rings (SSSR count). The molecule has 0 bridgehead atoms. The molecule has 0 fully saturated rings. The topological polar surface area (TPSA) is 34.1 Å². The third-order valence-corrected chi connectivity index (χ3v) is 5.79. The predicted molar refractivity (Wildman–Crippen MR) is 80.1 cm³/mol. The molecule has 0 unspecified atom stereocenters. The lowest BCUT2D eigenvalue weighted by atomic mass is 10.4. The van der Waals surface area contributed by atoms with E-state index >= 15 is 0 Å². The van der Waals surface area contributed by atoms with Crippen LogP contribution in [0, 0.1) is 0 Å². The lowest BCUT2D eigenvalue weighted by Gasteiger charge is -2.07. The summed E-state index contributed by atoms with van der Waals surface area (Å²) in [6.45, 7) is 3.66. The van der Waals surface area contributed by atoms with Gasteiger partial charge in [-0.1, -0.05) is 48.1 Å². The highest BCUT2D eigenvalue weighted by molar-refractivity contribution is 8.18. The van der Waals surface area contributed by atoms with Crippen LogP contribution >= 0.6 is 23.4 Å². The molecule has 0 atom stereocenters. The average molecular weight is 311 g/mol. The van der Waals surface area contributed by atoms with Crippen LogP contribution in [0.25, 0.3) is 0 Å². The van der Waals surface area contributed by atoms with E-state index in [4.69, 9.17) is 11.6 Å². The summed E-state index contributed by atoms with van der Waals surface area (Å²) >= 11 is 6.88. The number of halogens is 1. The molecule has 0 saturated carbocycles. The molecule has 0 aliphatic heterocycles. The van der Waals surface area contributed by atoms with Crippen LogP contribution in [0.4, 0.5) is 0 Å². The zero-order valence-electron chi connectivity index (χ0n) is 9.91. The summed E-state index contributed by atoms with van der Waals surface area (Å²) in [5.74, 6) is 0. The Labute approximate surface area is 122 Å². The van der Waals surface area contributed by atoms with E-state index < -0.39 is 9.84 Å². The van der Waals surface area contributed by atoms with Gasteiger partial charge in [0.25, 0.3) is 0 Å². The first-order chi connectivity index (χ1) is 9.00. The molecule has 0 aliphatic carbocycles. The summed E-state index contributed by atoms with van der Waals surface area (Å²) in [6, 6.07) is 15.3. The highest BCUT2D eigenvalue weighted by atomic mass is 35.5. The molecule has 0 aromatic heterocycles. The van der Waals surface area contributed by atoms with Crippen LogP contribution < -0.4 is 0 Å². The second-order valence-corrected chi connectivity index (χ2v) is 7.58. The summed E-state index contributed by atoms with van der Waals surface area (Å²) in [4.78, 5) is 1.04. The fourth-order valence-electron chi connectivity index (χ4n) is 1.42. The maximum absolute atomic E-state index is 12.3. The minimum absolute atomic E-state index is 0.0982. The number of hydrogen-bond donors (Lipinski definition) is 0. The molecule has 0 spiro atoms. The van der Waals surface area contributed by atoms with E-state index in [-0.39, 0.29) is 9.13 Å². The van der Waals surface area contributed by atoms with Crippen molar-refractivity contribution in [1.82, 2.24) is 0 Å². The van der Waals surface area contributed by atoms with Crippen molar-refractivity contribution in [3.05, 3.63) is 70.4 Å². The van der Waals surface area contributed by atoms with Crippen LogP contribution in [0.3, 0.4) is 0 Å². The van der Waals surface area contributed by atoms with E-state index in [0.29, 0.717) is 5.02 Å². The Balaban J connectivity index is 2.25. The van der Waals surface area contributed by atoms with Gasteiger partial charge in [0.15, 0.2) is 0 Å². The first-order valence-corrected chi connectivity index (χ1v) is 8.10. The smallest absolute Gasteiger partial charge is 0.212 e. The number of benzene rings is 2. The Morgan fingerprint density at radius 1 is 1.00 bits per heavy atom.